The van der Waals surface area contributed by atoms with Gasteiger partial charge in [0.1, 0.15) is 0 Å². The largest absolute Gasteiger partial charge is 0.481 e. The van der Waals surface area contributed by atoms with Crippen molar-refractivity contribution in [1.82, 2.24) is 0 Å². The standard InChI is InChI=1S/C10H9IO4/c11-8-2-6(4-9(12)13)1-7(3-8)5-10(14)15/h1-3H,4-5H2,(H,12,13)(H,14,15). The smallest absolute Gasteiger partial charge is 0.307 e. The molecule has 0 amide bonds. The number of halogens is 1. The van der Waals surface area contributed by atoms with Crippen molar-refractivity contribution in [3.8, 4) is 0 Å². The van der Waals surface area contributed by atoms with Gasteiger partial charge < -0.3 is 10.2 Å². The van der Waals surface area contributed by atoms with Crippen LogP contribution in [0.3, 0.4) is 0 Å². The van der Waals surface area contributed by atoms with E-state index < -0.39 is 11.9 Å². The first-order chi connectivity index (χ1) is 6.97. The predicted molar refractivity (Wildman–Crippen MR) is 61.8 cm³/mol. The Morgan fingerprint density at radius 3 is 1.73 bits per heavy atom. The molecule has 15 heavy (non-hydrogen) atoms. The molecule has 2 N–H and O–H groups in total. The predicted octanol–water partition coefficient (Wildman–Crippen LogP) is 1.55. The van der Waals surface area contributed by atoms with Crippen molar-refractivity contribution in [3.05, 3.63) is 32.9 Å². The molecule has 0 aliphatic heterocycles. The topological polar surface area (TPSA) is 74.6 Å². The van der Waals surface area contributed by atoms with Crippen molar-refractivity contribution in [3.63, 3.8) is 0 Å². The van der Waals surface area contributed by atoms with E-state index in [0.717, 1.165) is 3.57 Å². The van der Waals surface area contributed by atoms with Crippen LogP contribution in [-0.4, -0.2) is 22.2 Å². The van der Waals surface area contributed by atoms with Crippen molar-refractivity contribution < 1.29 is 19.8 Å². The molecule has 0 spiro atoms. The number of hydrogen-bond donors (Lipinski definition) is 2. The van der Waals surface area contributed by atoms with Gasteiger partial charge in [-0.25, -0.2) is 0 Å². The van der Waals surface area contributed by atoms with Gasteiger partial charge in [-0.3, -0.25) is 9.59 Å². The number of carboxylic acid groups (broad SMARTS) is 2. The molecule has 1 aromatic carbocycles. The Morgan fingerprint density at radius 2 is 1.40 bits per heavy atom. The summed E-state index contributed by atoms with van der Waals surface area (Å²) < 4.78 is 0.850. The molecule has 0 aromatic heterocycles. The zero-order valence-corrected chi connectivity index (χ0v) is 9.89. The molecular weight excluding hydrogens is 311 g/mol. The van der Waals surface area contributed by atoms with Crippen LogP contribution in [0.4, 0.5) is 0 Å². The number of carbonyl (C=O) groups is 2. The van der Waals surface area contributed by atoms with Crippen LogP contribution in [-0.2, 0) is 22.4 Å². The molecule has 0 saturated heterocycles. The Morgan fingerprint density at radius 1 is 1.00 bits per heavy atom. The van der Waals surface area contributed by atoms with E-state index >= 15 is 0 Å². The highest BCUT2D eigenvalue weighted by Gasteiger charge is 2.06. The van der Waals surface area contributed by atoms with Crippen molar-refractivity contribution in [1.29, 1.82) is 0 Å². The van der Waals surface area contributed by atoms with Gasteiger partial charge in [0, 0.05) is 3.57 Å². The van der Waals surface area contributed by atoms with Gasteiger partial charge in [0.25, 0.3) is 0 Å². The van der Waals surface area contributed by atoms with Gasteiger partial charge in [0.05, 0.1) is 12.8 Å². The van der Waals surface area contributed by atoms with Crippen molar-refractivity contribution in [2.24, 2.45) is 0 Å². The van der Waals surface area contributed by atoms with Crippen LogP contribution in [0, 0.1) is 3.57 Å². The zero-order valence-electron chi connectivity index (χ0n) is 7.74. The highest BCUT2D eigenvalue weighted by atomic mass is 127. The fraction of sp³-hybridized carbons (Fsp3) is 0.200. The summed E-state index contributed by atoms with van der Waals surface area (Å²) in [5.74, 6) is -1.84. The lowest BCUT2D eigenvalue weighted by Crippen LogP contribution is -2.04. The monoisotopic (exact) mass is 320 g/mol. The summed E-state index contributed by atoms with van der Waals surface area (Å²) in [4.78, 5) is 21.0. The first kappa shape index (κ1) is 12.0. The van der Waals surface area contributed by atoms with Gasteiger partial charge in [-0.1, -0.05) is 6.07 Å². The Balaban J connectivity index is 2.94. The average molecular weight is 320 g/mol. The third kappa shape index (κ3) is 4.28. The summed E-state index contributed by atoms with van der Waals surface area (Å²) in [7, 11) is 0. The molecule has 0 aliphatic carbocycles. The number of benzene rings is 1. The minimum absolute atomic E-state index is 0.0799. The highest BCUT2D eigenvalue weighted by molar-refractivity contribution is 14.1. The van der Waals surface area contributed by atoms with Gasteiger partial charge in [0.15, 0.2) is 0 Å². The van der Waals surface area contributed by atoms with E-state index in [1.807, 2.05) is 22.6 Å². The molecule has 1 aromatic rings. The molecule has 0 bridgehead atoms. The van der Waals surface area contributed by atoms with Crippen LogP contribution in [0.15, 0.2) is 18.2 Å². The summed E-state index contributed by atoms with van der Waals surface area (Å²) in [5, 5.41) is 17.2. The molecule has 1 rings (SSSR count). The average Bonchev–Trinajstić information content (AvgIpc) is 1.98. The molecule has 0 radical (unpaired) electrons. The lowest BCUT2D eigenvalue weighted by Gasteiger charge is -2.03. The minimum atomic E-state index is -0.918. The molecule has 5 heteroatoms. The Kier molecular flexibility index (Phi) is 4.07. The fourth-order valence-electron chi connectivity index (χ4n) is 1.27. The van der Waals surface area contributed by atoms with E-state index in [-0.39, 0.29) is 12.8 Å². The van der Waals surface area contributed by atoms with E-state index in [1.165, 1.54) is 0 Å². The number of rotatable bonds is 4. The second-order valence-electron chi connectivity index (χ2n) is 3.11. The third-order valence-corrected chi connectivity index (χ3v) is 2.35. The molecule has 0 aliphatic rings. The van der Waals surface area contributed by atoms with Crippen molar-refractivity contribution in [2.45, 2.75) is 12.8 Å². The van der Waals surface area contributed by atoms with Crippen LogP contribution in [0.25, 0.3) is 0 Å². The summed E-state index contributed by atoms with van der Waals surface area (Å²) >= 11 is 2.04. The van der Waals surface area contributed by atoms with E-state index in [9.17, 15) is 9.59 Å². The molecule has 0 atom stereocenters. The zero-order chi connectivity index (χ0) is 11.4. The van der Waals surface area contributed by atoms with E-state index in [4.69, 9.17) is 10.2 Å². The molecule has 0 unspecified atom stereocenters. The Labute approximate surface area is 100 Å². The highest BCUT2D eigenvalue weighted by Crippen LogP contribution is 2.14. The molecule has 0 saturated carbocycles. The lowest BCUT2D eigenvalue weighted by molar-refractivity contribution is -0.137. The van der Waals surface area contributed by atoms with Gasteiger partial charge in [-0.05, 0) is 45.9 Å². The van der Waals surface area contributed by atoms with Crippen molar-refractivity contribution >= 4 is 34.5 Å². The summed E-state index contributed by atoms with van der Waals surface area (Å²) in [6, 6.07) is 5.09. The molecular formula is C10H9IO4. The maximum atomic E-state index is 10.5. The first-order valence-corrected chi connectivity index (χ1v) is 5.27. The van der Waals surface area contributed by atoms with Gasteiger partial charge in [-0.2, -0.15) is 0 Å². The maximum Gasteiger partial charge on any atom is 0.307 e. The maximum absolute atomic E-state index is 10.5. The molecule has 4 nitrogen and oxygen atoms in total. The van der Waals surface area contributed by atoms with Crippen LogP contribution in [0.1, 0.15) is 11.1 Å². The van der Waals surface area contributed by atoms with E-state index in [2.05, 4.69) is 0 Å². The van der Waals surface area contributed by atoms with E-state index in [0.29, 0.717) is 11.1 Å². The lowest BCUT2D eigenvalue weighted by atomic mass is 10.1. The van der Waals surface area contributed by atoms with Crippen molar-refractivity contribution in [2.75, 3.05) is 0 Å². The van der Waals surface area contributed by atoms with Crippen LogP contribution in [0.2, 0.25) is 0 Å². The fourth-order valence-corrected chi connectivity index (χ4v) is 2.07. The Hall–Kier alpha value is -1.11. The summed E-state index contributed by atoms with van der Waals surface area (Å²) in [5.41, 5.74) is 1.26. The minimum Gasteiger partial charge on any atom is -0.481 e. The second kappa shape index (κ2) is 5.11. The Bertz CT molecular complexity index is 366. The van der Waals surface area contributed by atoms with Gasteiger partial charge in [0.2, 0.25) is 0 Å². The van der Waals surface area contributed by atoms with Gasteiger partial charge in [-0.15, -0.1) is 0 Å². The number of aliphatic carboxylic acids is 2. The molecule has 0 heterocycles. The number of hydrogen-bond acceptors (Lipinski definition) is 2. The summed E-state index contributed by atoms with van der Waals surface area (Å²) in [6.45, 7) is 0. The van der Waals surface area contributed by atoms with Crippen LogP contribution >= 0.6 is 22.6 Å². The molecule has 80 valence electrons. The second-order valence-corrected chi connectivity index (χ2v) is 4.35. The van der Waals surface area contributed by atoms with E-state index in [1.54, 1.807) is 18.2 Å². The van der Waals surface area contributed by atoms with Crippen LogP contribution in [0.5, 0.6) is 0 Å². The number of carboxylic acids is 2. The molecule has 0 fully saturated rings. The van der Waals surface area contributed by atoms with Crippen LogP contribution < -0.4 is 0 Å². The third-order valence-electron chi connectivity index (χ3n) is 1.73. The van der Waals surface area contributed by atoms with Gasteiger partial charge >= 0.3 is 11.9 Å². The normalized spacial score (nSPS) is 9.93. The first-order valence-electron chi connectivity index (χ1n) is 4.19. The summed E-state index contributed by atoms with van der Waals surface area (Å²) in [6.07, 6.45) is -0.160. The SMILES string of the molecule is O=C(O)Cc1cc(I)cc(CC(=O)O)c1. The quantitative estimate of drug-likeness (QED) is 0.826.